The number of halogens is 1. The molecule has 3 aromatic rings. The quantitative estimate of drug-likeness (QED) is 0.481. The highest BCUT2D eigenvalue weighted by Gasteiger charge is 2.30. The molecule has 1 saturated heterocycles. The van der Waals surface area contributed by atoms with Crippen molar-refractivity contribution in [1.29, 1.82) is 5.26 Å². The first-order valence-electron chi connectivity index (χ1n) is 11.9. The lowest BCUT2D eigenvalue weighted by Crippen LogP contribution is -2.49. The summed E-state index contributed by atoms with van der Waals surface area (Å²) in [4.78, 5) is 9.15. The summed E-state index contributed by atoms with van der Waals surface area (Å²) in [6.45, 7) is 7.89. The van der Waals surface area contributed by atoms with Crippen molar-refractivity contribution >= 4 is 17.3 Å². The van der Waals surface area contributed by atoms with Crippen molar-refractivity contribution in [3.8, 4) is 11.8 Å². The van der Waals surface area contributed by atoms with Crippen molar-refractivity contribution in [2.75, 3.05) is 44.3 Å². The van der Waals surface area contributed by atoms with Gasteiger partial charge in [-0.15, -0.1) is 0 Å². The Labute approximate surface area is 212 Å². The fraction of sp³-hybridized carbons (Fsp3) is 0.357. The minimum Gasteiger partial charge on any atom is -0.491 e. The van der Waals surface area contributed by atoms with Crippen molar-refractivity contribution in [3.05, 3.63) is 88.2 Å². The molecule has 182 valence electrons. The lowest BCUT2D eigenvalue weighted by molar-refractivity contribution is 0.201. The molecule has 6 nitrogen and oxygen atoms in total. The number of hydrogen-bond acceptors (Lipinski definition) is 6. The van der Waals surface area contributed by atoms with E-state index in [-0.39, 0.29) is 19.3 Å². The maximum atomic E-state index is 9.90. The molecule has 1 aliphatic heterocycles. The van der Waals surface area contributed by atoms with Crippen LogP contribution < -0.4 is 9.64 Å². The van der Waals surface area contributed by atoms with E-state index >= 15 is 0 Å². The second-order valence-electron chi connectivity index (χ2n) is 9.01. The summed E-state index contributed by atoms with van der Waals surface area (Å²) >= 11 is 6.18. The van der Waals surface area contributed by atoms with E-state index in [4.69, 9.17) is 21.4 Å². The second-order valence-corrected chi connectivity index (χ2v) is 9.45. The number of pyridine rings is 1. The number of rotatable bonds is 8. The normalized spacial score (nSPS) is 17.1. The first kappa shape index (κ1) is 25.0. The van der Waals surface area contributed by atoms with Crippen molar-refractivity contribution < 1.29 is 9.84 Å². The summed E-state index contributed by atoms with van der Waals surface area (Å²) in [5, 5.41) is 19.7. The van der Waals surface area contributed by atoms with Gasteiger partial charge >= 0.3 is 0 Å². The van der Waals surface area contributed by atoms with Crippen LogP contribution in [0.1, 0.15) is 41.3 Å². The van der Waals surface area contributed by atoms with Gasteiger partial charge in [0.1, 0.15) is 18.4 Å². The zero-order valence-electron chi connectivity index (χ0n) is 20.2. The predicted octanol–water partition coefficient (Wildman–Crippen LogP) is 4.95. The molecule has 0 unspecified atom stereocenters. The first-order chi connectivity index (χ1) is 17.0. The van der Waals surface area contributed by atoms with Crippen LogP contribution in [0.25, 0.3) is 0 Å². The number of benzene rings is 2. The number of anilines is 1. The van der Waals surface area contributed by atoms with Crippen molar-refractivity contribution in [2.45, 2.75) is 25.8 Å². The lowest BCUT2D eigenvalue weighted by Gasteiger charge is -2.44. The maximum Gasteiger partial charge on any atom is 0.120 e. The molecule has 0 aliphatic carbocycles. The topological polar surface area (TPSA) is 72.6 Å². The number of ether oxygens (including phenoxy) is 1. The number of aromatic nitrogens is 1. The fourth-order valence-corrected chi connectivity index (χ4v) is 4.87. The third-order valence-electron chi connectivity index (χ3n) is 6.50. The Hall–Kier alpha value is -3.11. The van der Waals surface area contributed by atoms with E-state index < -0.39 is 0 Å². The minimum atomic E-state index is -0.0677. The summed E-state index contributed by atoms with van der Waals surface area (Å²) in [7, 11) is 0. The van der Waals surface area contributed by atoms with Gasteiger partial charge < -0.3 is 14.7 Å². The van der Waals surface area contributed by atoms with Gasteiger partial charge in [-0.25, -0.2) is 0 Å². The Balaban J connectivity index is 1.60. The maximum absolute atomic E-state index is 9.90. The van der Waals surface area contributed by atoms with Crippen LogP contribution in [0.3, 0.4) is 0 Å². The Kier molecular flexibility index (Phi) is 8.25. The van der Waals surface area contributed by atoms with Crippen LogP contribution in [0.5, 0.6) is 5.75 Å². The molecule has 1 aromatic heterocycles. The van der Waals surface area contributed by atoms with Gasteiger partial charge in [-0.1, -0.05) is 30.7 Å². The van der Waals surface area contributed by atoms with Gasteiger partial charge in [-0.3, -0.25) is 9.88 Å². The Morgan fingerprint density at radius 1 is 1.17 bits per heavy atom. The standard InChI is InChI=1S/C28H31ClN4O2/c1-20(23-9-10-31-21(2)15-23)18-32-11-12-33(28(19-32)22-3-5-25(29)6-4-22)27-8-7-26(35-14-13-34)16-24(27)17-30/h3-10,15-16,20,28,34H,11-14,18-19H2,1-2H3/t20-,28-/m0/s1. The third-order valence-corrected chi connectivity index (χ3v) is 6.75. The van der Waals surface area contributed by atoms with Crippen LogP contribution in [0.15, 0.2) is 60.8 Å². The number of aliphatic hydroxyl groups excluding tert-OH is 1. The summed E-state index contributed by atoms with van der Waals surface area (Å²) in [5.41, 5.74) is 4.95. The molecular formula is C28H31ClN4O2. The van der Waals surface area contributed by atoms with Crippen LogP contribution in [-0.4, -0.2) is 54.4 Å². The zero-order valence-corrected chi connectivity index (χ0v) is 20.9. The SMILES string of the molecule is Cc1cc([C@@H](C)CN2CCN(c3ccc(OCCO)cc3C#N)[C@H](c3ccc(Cl)cc3)C2)ccn1. The van der Waals surface area contributed by atoms with Crippen molar-refractivity contribution in [3.63, 3.8) is 0 Å². The monoisotopic (exact) mass is 490 g/mol. The molecule has 1 fully saturated rings. The molecule has 2 atom stereocenters. The van der Waals surface area contributed by atoms with Gasteiger partial charge in [0.15, 0.2) is 0 Å². The average molecular weight is 491 g/mol. The highest BCUT2D eigenvalue weighted by Crippen LogP contribution is 2.35. The summed E-state index contributed by atoms with van der Waals surface area (Å²) in [6, 6.07) is 20.2. The van der Waals surface area contributed by atoms with Crippen LogP contribution in [0, 0.1) is 18.3 Å². The first-order valence-corrected chi connectivity index (χ1v) is 12.3. The van der Waals surface area contributed by atoms with Crippen LogP contribution >= 0.6 is 11.6 Å². The molecule has 0 spiro atoms. The molecule has 2 aromatic carbocycles. The molecule has 35 heavy (non-hydrogen) atoms. The molecular weight excluding hydrogens is 460 g/mol. The molecule has 0 bridgehead atoms. The Morgan fingerprint density at radius 3 is 2.69 bits per heavy atom. The molecule has 0 saturated carbocycles. The third kappa shape index (κ3) is 6.12. The van der Waals surface area contributed by atoms with Gasteiger partial charge in [-0.05, 0) is 66.4 Å². The smallest absolute Gasteiger partial charge is 0.120 e. The Morgan fingerprint density at radius 2 is 1.97 bits per heavy atom. The highest BCUT2D eigenvalue weighted by atomic mass is 35.5. The number of piperazine rings is 1. The van der Waals surface area contributed by atoms with Gasteiger partial charge in [0, 0.05) is 43.1 Å². The molecule has 0 radical (unpaired) electrons. The number of nitrogens with zero attached hydrogens (tertiary/aromatic N) is 4. The van der Waals surface area contributed by atoms with E-state index in [9.17, 15) is 5.26 Å². The molecule has 7 heteroatoms. The van der Waals surface area contributed by atoms with Gasteiger partial charge in [0.25, 0.3) is 0 Å². The Bertz CT molecular complexity index is 1180. The largest absolute Gasteiger partial charge is 0.491 e. The summed E-state index contributed by atoms with van der Waals surface area (Å²) < 4.78 is 5.53. The van der Waals surface area contributed by atoms with Gasteiger partial charge in [0.05, 0.1) is 23.9 Å². The van der Waals surface area contributed by atoms with E-state index in [1.165, 1.54) is 5.56 Å². The van der Waals surface area contributed by atoms with Crippen LogP contribution in [-0.2, 0) is 0 Å². The number of hydrogen-bond donors (Lipinski definition) is 1. The van der Waals surface area contributed by atoms with Gasteiger partial charge in [-0.2, -0.15) is 5.26 Å². The molecule has 1 N–H and O–H groups in total. The van der Waals surface area contributed by atoms with Crippen LogP contribution in [0.2, 0.25) is 5.02 Å². The zero-order chi connectivity index (χ0) is 24.8. The number of aliphatic hydroxyl groups is 1. The van der Waals surface area contributed by atoms with Crippen molar-refractivity contribution in [2.24, 2.45) is 0 Å². The number of nitriles is 1. The van der Waals surface area contributed by atoms with E-state index in [1.54, 1.807) is 6.07 Å². The molecule has 0 amide bonds. The summed E-state index contributed by atoms with van der Waals surface area (Å²) in [6.07, 6.45) is 1.88. The molecule has 1 aliphatic rings. The summed E-state index contributed by atoms with van der Waals surface area (Å²) in [5.74, 6) is 0.967. The average Bonchev–Trinajstić information content (AvgIpc) is 2.88. The number of aryl methyl sites for hydroxylation is 1. The fourth-order valence-electron chi connectivity index (χ4n) is 4.74. The molecule has 4 rings (SSSR count). The van der Waals surface area contributed by atoms with E-state index in [1.807, 2.05) is 37.4 Å². The van der Waals surface area contributed by atoms with Crippen LogP contribution in [0.4, 0.5) is 5.69 Å². The van der Waals surface area contributed by atoms with Crippen molar-refractivity contribution in [1.82, 2.24) is 9.88 Å². The van der Waals surface area contributed by atoms with Gasteiger partial charge in [0.2, 0.25) is 0 Å². The highest BCUT2D eigenvalue weighted by molar-refractivity contribution is 6.30. The van der Waals surface area contributed by atoms with E-state index in [2.05, 4.69) is 52.0 Å². The van der Waals surface area contributed by atoms with E-state index in [0.717, 1.165) is 43.1 Å². The molecule has 2 heterocycles. The minimum absolute atomic E-state index is 0.0677. The lowest BCUT2D eigenvalue weighted by atomic mass is 9.97. The predicted molar refractivity (Wildman–Crippen MR) is 139 cm³/mol. The second kappa shape index (κ2) is 11.5. The van der Waals surface area contributed by atoms with E-state index in [0.29, 0.717) is 22.3 Å².